The molecule has 1 aromatic carbocycles. The number of carbonyl (C=O) groups excluding carboxylic acids is 1. The van der Waals surface area contributed by atoms with E-state index >= 15 is 0 Å². The molecule has 1 fully saturated rings. The van der Waals surface area contributed by atoms with Gasteiger partial charge in [-0.05, 0) is 65.1 Å². The first-order chi connectivity index (χ1) is 12.8. The lowest BCUT2D eigenvalue weighted by atomic mass is 9.76. The van der Waals surface area contributed by atoms with Crippen molar-refractivity contribution >= 4 is 19.3 Å². The molecule has 154 valence electrons. The fourth-order valence-corrected chi connectivity index (χ4v) is 2.70. The molecule has 0 unspecified atom stereocenters. The van der Waals surface area contributed by atoms with Crippen molar-refractivity contribution in [1.82, 2.24) is 5.32 Å². The first-order valence-electron chi connectivity index (χ1n) is 9.56. The van der Waals surface area contributed by atoms with E-state index in [4.69, 9.17) is 14.0 Å². The van der Waals surface area contributed by atoms with Gasteiger partial charge in [-0.3, -0.25) is 0 Å². The van der Waals surface area contributed by atoms with Crippen LogP contribution in [0.5, 0.6) is 0 Å². The van der Waals surface area contributed by atoms with Gasteiger partial charge in [-0.25, -0.2) is 4.79 Å². The zero-order valence-electron chi connectivity index (χ0n) is 18.0. The number of carbonyl (C=O) groups is 1. The van der Waals surface area contributed by atoms with E-state index in [-0.39, 0.29) is 13.2 Å². The first kappa shape index (κ1) is 22.5. The highest BCUT2D eigenvalue weighted by Gasteiger charge is 2.52. The summed E-state index contributed by atoms with van der Waals surface area (Å²) < 4.78 is 17.6. The van der Waals surface area contributed by atoms with Gasteiger partial charge in [-0.1, -0.05) is 30.3 Å². The Morgan fingerprint density at radius 2 is 1.75 bits per heavy atom. The van der Waals surface area contributed by atoms with Crippen molar-refractivity contribution in [2.24, 2.45) is 0 Å². The lowest BCUT2D eigenvalue weighted by Gasteiger charge is -2.32. The first-order valence-corrected chi connectivity index (χ1v) is 9.56. The Hall–Kier alpha value is -1.83. The molecule has 1 aromatic rings. The monoisotopic (exact) mass is 389 g/mol. The normalized spacial score (nSPS) is 18.9. The van der Waals surface area contributed by atoms with Gasteiger partial charge in [0.1, 0.15) is 5.60 Å². The highest BCUT2D eigenvalue weighted by Crippen LogP contribution is 2.38. The van der Waals surface area contributed by atoms with Crippen molar-refractivity contribution in [2.75, 3.05) is 6.54 Å². The van der Waals surface area contributed by atoms with Crippen LogP contribution in [-0.2, 0) is 20.7 Å². The minimum absolute atomic E-state index is 0.0805. The highest BCUT2D eigenvalue weighted by atomic mass is 16.7. The van der Waals surface area contributed by atoms with Crippen molar-refractivity contribution in [1.29, 1.82) is 0 Å². The number of ether oxygens (including phenoxy) is 1. The average Bonchev–Trinajstić information content (AvgIpc) is 2.78. The third-order valence-electron chi connectivity index (χ3n) is 4.96. The summed E-state index contributed by atoms with van der Waals surface area (Å²) in [6.45, 7) is 13.5. The Balaban J connectivity index is 2.29. The third kappa shape index (κ3) is 5.59. The molecule has 0 aromatic heterocycles. The number of hydrogen-bond acceptors (Lipinski definition) is 5. The summed E-state index contributed by atoms with van der Waals surface area (Å²) in [5, 5.41) is 12.4. The number of benzene rings is 1. The van der Waals surface area contributed by atoms with Gasteiger partial charge in [0.15, 0.2) is 0 Å². The van der Waals surface area contributed by atoms with Crippen molar-refractivity contribution < 1.29 is 23.9 Å². The van der Waals surface area contributed by atoms with E-state index in [1.165, 1.54) is 0 Å². The Morgan fingerprint density at radius 3 is 2.29 bits per heavy atom. The molecule has 28 heavy (non-hydrogen) atoms. The van der Waals surface area contributed by atoms with Crippen LogP contribution in [0, 0.1) is 0 Å². The summed E-state index contributed by atoms with van der Waals surface area (Å²) in [5.74, 6) is 0. The second-order valence-corrected chi connectivity index (χ2v) is 9.02. The zero-order valence-corrected chi connectivity index (χ0v) is 18.0. The Labute approximate surface area is 168 Å². The summed E-state index contributed by atoms with van der Waals surface area (Å²) in [6, 6.07) is 7.53. The molecule has 6 nitrogen and oxygen atoms in total. The molecule has 0 radical (unpaired) electrons. The predicted octanol–water partition coefficient (Wildman–Crippen LogP) is 3.72. The van der Waals surface area contributed by atoms with Gasteiger partial charge < -0.3 is 24.5 Å². The van der Waals surface area contributed by atoms with Crippen LogP contribution < -0.4 is 5.32 Å². The summed E-state index contributed by atoms with van der Waals surface area (Å²) >= 11 is 0. The van der Waals surface area contributed by atoms with Crippen molar-refractivity contribution in [3.05, 3.63) is 40.9 Å². The molecule has 7 heteroatoms. The summed E-state index contributed by atoms with van der Waals surface area (Å²) in [6.07, 6.45) is 1.38. The van der Waals surface area contributed by atoms with Gasteiger partial charge in [-0.15, -0.1) is 0 Å². The highest BCUT2D eigenvalue weighted by molar-refractivity contribution is 6.56. The average molecular weight is 389 g/mol. The van der Waals surface area contributed by atoms with E-state index in [1.807, 2.05) is 78.8 Å². The maximum absolute atomic E-state index is 12.1. The van der Waals surface area contributed by atoms with Gasteiger partial charge >= 0.3 is 13.2 Å². The molecule has 2 N–H and O–H groups in total. The topological polar surface area (TPSA) is 77.0 Å². The van der Waals surface area contributed by atoms with Crippen molar-refractivity contribution in [2.45, 2.75) is 71.9 Å². The molecule has 0 atom stereocenters. The molecular formula is C21H32BNO5. The van der Waals surface area contributed by atoms with Gasteiger partial charge in [0.05, 0.1) is 17.8 Å². The van der Waals surface area contributed by atoms with Crippen molar-refractivity contribution in [3.8, 4) is 0 Å². The standard InChI is InChI=1S/C21H32BNO5/c1-19(2,3)26-18(25)23-13-17(12-15-10-8-9-11-16(15)14-24)22-27-20(4,5)21(6,7)28-22/h8-12,24H,13-14H2,1-7H3,(H,23,25). The molecule has 1 aliphatic heterocycles. The number of aliphatic hydroxyl groups excluding tert-OH is 1. The number of rotatable bonds is 5. The Kier molecular flexibility index (Phi) is 6.64. The molecular weight excluding hydrogens is 357 g/mol. The molecule has 1 heterocycles. The van der Waals surface area contributed by atoms with E-state index in [0.717, 1.165) is 16.6 Å². The van der Waals surface area contributed by atoms with Crippen molar-refractivity contribution in [3.63, 3.8) is 0 Å². The summed E-state index contributed by atoms with van der Waals surface area (Å²) in [5.41, 5.74) is 0.792. The minimum Gasteiger partial charge on any atom is -0.444 e. The molecule has 0 aliphatic carbocycles. The molecule has 2 rings (SSSR count). The third-order valence-corrected chi connectivity index (χ3v) is 4.96. The lowest BCUT2D eigenvalue weighted by molar-refractivity contribution is 0.00578. The van der Waals surface area contributed by atoms with E-state index in [0.29, 0.717) is 0 Å². The Bertz CT molecular complexity index is 721. The molecule has 0 bridgehead atoms. The Morgan fingerprint density at radius 1 is 1.18 bits per heavy atom. The predicted molar refractivity (Wildman–Crippen MR) is 111 cm³/mol. The zero-order chi connectivity index (χ0) is 21.2. The molecule has 1 aliphatic rings. The van der Waals surface area contributed by atoms with Crippen LogP contribution in [0.2, 0.25) is 0 Å². The maximum Gasteiger partial charge on any atom is 0.492 e. The molecule has 1 amide bonds. The van der Waals surface area contributed by atoms with Gasteiger partial charge in [0, 0.05) is 6.54 Å². The summed E-state index contributed by atoms with van der Waals surface area (Å²) in [7, 11) is -0.619. The number of amides is 1. The summed E-state index contributed by atoms with van der Waals surface area (Å²) in [4.78, 5) is 12.1. The number of alkyl carbamates (subject to hydrolysis) is 1. The van der Waals surface area contributed by atoms with Crippen LogP contribution in [0.1, 0.15) is 59.6 Å². The van der Waals surface area contributed by atoms with Crippen LogP contribution >= 0.6 is 0 Å². The molecule has 0 spiro atoms. The van der Waals surface area contributed by atoms with Crippen LogP contribution in [-0.4, -0.2) is 41.7 Å². The van der Waals surface area contributed by atoms with E-state index in [1.54, 1.807) is 0 Å². The van der Waals surface area contributed by atoms with Crippen LogP contribution in [0.25, 0.3) is 6.08 Å². The largest absolute Gasteiger partial charge is 0.492 e. The van der Waals surface area contributed by atoms with Crippen LogP contribution in [0.15, 0.2) is 29.7 Å². The lowest BCUT2D eigenvalue weighted by Crippen LogP contribution is -2.41. The quantitative estimate of drug-likeness (QED) is 0.751. The van der Waals surface area contributed by atoms with E-state index in [9.17, 15) is 9.90 Å². The fourth-order valence-electron chi connectivity index (χ4n) is 2.70. The minimum atomic E-state index is -0.619. The van der Waals surface area contributed by atoms with Crippen LogP contribution in [0.4, 0.5) is 4.79 Å². The van der Waals surface area contributed by atoms with Gasteiger partial charge in [0.25, 0.3) is 0 Å². The number of aliphatic hydroxyl groups is 1. The second kappa shape index (κ2) is 8.27. The fraction of sp³-hybridized carbons (Fsp3) is 0.571. The molecule has 0 saturated carbocycles. The SMILES string of the molecule is CC(C)(C)OC(=O)NCC(=Cc1ccccc1CO)B1OC(C)(C)C(C)(C)O1. The van der Waals surface area contributed by atoms with Gasteiger partial charge in [0.2, 0.25) is 0 Å². The number of hydrogen-bond donors (Lipinski definition) is 2. The van der Waals surface area contributed by atoms with Gasteiger partial charge in [-0.2, -0.15) is 0 Å². The number of nitrogens with one attached hydrogen (secondary N) is 1. The van der Waals surface area contributed by atoms with E-state index in [2.05, 4.69) is 5.32 Å². The maximum atomic E-state index is 12.1. The smallest absolute Gasteiger partial charge is 0.444 e. The molecule has 1 saturated heterocycles. The second-order valence-electron chi connectivity index (χ2n) is 9.02. The van der Waals surface area contributed by atoms with Crippen LogP contribution in [0.3, 0.4) is 0 Å². The van der Waals surface area contributed by atoms with E-state index < -0.39 is 30.0 Å².